The third-order valence-electron chi connectivity index (χ3n) is 3.64. The van der Waals surface area contributed by atoms with Gasteiger partial charge in [-0.3, -0.25) is 4.90 Å². The topological polar surface area (TPSA) is 24.5 Å². The molecule has 0 saturated carbocycles. The van der Waals surface area contributed by atoms with Gasteiger partial charge in [0.05, 0.1) is 6.61 Å². The quantitative estimate of drug-likeness (QED) is 0.754. The van der Waals surface area contributed by atoms with Crippen LogP contribution in [0.3, 0.4) is 0 Å². The Morgan fingerprint density at radius 1 is 1.20 bits per heavy atom. The van der Waals surface area contributed by atoms with Gasteiger partial charge in [0.2, 0.25) is 0 Å². The van der Waals surface area contributed by atoms with Crippen molar-refractivity contribution in [1.29, 1.82) is 0 Å². The van der Waals surface area contributed by atoms with E-state index in [9.17, 15) is 4.39 Å². The van der Waals surface area contributed by atoms with Crippen molar-refractivity contribution in [2.75, 3.05) is 33.9 Å². The molecule has 0 fully saturated rings. The van der Waals surface area contributed by atoms with Gasteiger partial charge in [0.25, 0.3) is 0 Å². The van der Waals surface area contributed by atoms with Crippen molar-refractivity contribution in [2.45, 2.75) is 32.4 Å². The molecule has 0 aliphatic rings. The van der Waals surface area contributed by atoms with Crippen LogP contribution in [-0.4, -0.2) is 44.8 Å². The van der Waals surface area contributed by atoms with Crippen LogP contribution in [0.1, 0.15) is 31.9 Å². The van der Waals surface area contributed by atoms with Crippen molar-refractivity contribution >= 4 is 0 Å². The maximum atomic E-state index is 13.0. The average Bonchev–Trinajstić information content (AvgIpc) is 2.44. The molecule has 1 aromatic rings. The molecule has 0 aliphatic heterocycles. The van der Waals surface area contributed by atoms with Crippen molar-refractivity contribution in [3.63, 3.8) is 0 Å². The smallest absolute Gasteiger partial charge is 0.123 e. The van der Waals surface area contributed by atoms with Crippen molar-refractivity contribution in [2.24, 2.45) is 0 Å². The van der Waals surface area contributed by atoms with E-state index in [4.69, 9.17) is 4.74 Å². The molecule has 0 aliphatic carbocycles. The van der Waals surface area contributed by atoms with Crippen LogP contribution in [0, 0.1) is 5.82 Å². The molecule has 0 aromatic heterocycles. The number of hydrogen-bond acceptors (Lipinski definition) is 3. The summed E-state index contributed by atoms with van der Waals surface area (Å²) in [4.78, 5) is 2.40. The summed E-state index contributed by atoms with van der Waals surface area (Å²) in [5.41, 5.74) is 1.13. The summed E-state index contributed by atoms with van der Waals surface area (Å²) in [6.07, 6.45) is 0.990. The number of hydrogen-bond donors (Lipinski definition) is 1. The van der Waals surface area contributed by atoms with Crippen molar-refractivity contribution in [1.82, 2.24) is 10.2 Å². The largest absolute Gasteiger partial charge is 0.383 e. The van der Waals surface area contributed by atoms with E-state index in [0.29, 0.717) is 6.04 Å². The normalized spacial score (nSPS) is 13.2. The van der Waals surface area contributed by atoms with Gasteiger partial charge in [-0.2, -0.15) is 0 Å². The van der Waals surface area contributed by atoms with E-state index in [1.54, 1.807) is 7.11 Å². The molecule has 3 nitrogen and oxygen atoms in total. The lowest BCUT2D eigenvalue weighted by atomic mass is 10.0. The van der Waals surface area contributed by atoms with E-state index < -0.39 is 0 Å². The van der Waals surface area contributed by atoms with Gasteiger partial charge in [0, 0.05) is 32.3 Å². The van der Waals surface area contributed by atoms with Crippen molar-refractivity contribution in [3.05, 3.63) is 35.6 Å². The number of nitrogens with one attached hydrogen (secondary N) is 1. The van der Waals surface area contributed by atoms with Crippen LogP contribution in [0.15, 0.2) is 24.3 Å². The summed E-state index contributed by atoms with van der Waals surface area (Å²) in [7, 11) is 3.68. The molecule has 4 heteroatoms. The second-order valence-electron chi connectivity index (χ2n) is 5.30. The molecule has 0 amide bonds. The zero-order valence-corrected chi connectivity index (χ0v) is 13.0. The van der Waals surface area contributed by atoms with E-state index in [0.717, 1.165) is 31.7 Å². The second kappa shape index (κ2) is 9.06. The van der Waals surface area contributed by atoms with Crippen LogP contribution in [-0.2, 0) is 4.74 Å². The Labute approximate surface area is 122 Å². The monoisotopic (exact) mass is 282 g/mol. The third-order valence-corrected chi connectivity index (χ3v) is 3.64. The number of methoxy groups -OCH3 is 1. The maximum Gasteiger partial charge on any atom is 0.123 e. The first-order valence-electron chi connectivity index (χ1n) is 7.24. The lowest BCUT2D eigenvalue weighted by Gasteiger charge is -2.28. The van der Waals surface area contributed by atoms with E-state index in [1.165, 1.54) is 12.1 Å². The van der Waals surface area contributed by atoms with Gasteiger partial charge in [-0.1, -0.05) is 12.1 Å². The summed E-state index contributed by atoms with van der Waals surface area (Å²) < 4.78 is 18.1. The molecule has 0 heterocycles. The molecule has 1 unspecified atom stereocenters. The summed E-state index contributed by atoms with van der Waals surface area (Å²) in [6.45, 7) is 7.07. The van der Waals surface area contributed by atoms with Gasteiger partial charge in [-0.25, -0.2) is 4.39 Å². The summed E-state index contributed by atoms with van der Waals surface area (Å²) in [5.74, 6) is -0.187. The minimum Gasteiger partial charge on any atom is -0.383 e. The SMILES string of the molecule is CNC(CCN(CCOC)C(C)C)c1ccc(F)cc1. The highest BCUT2D eigenvalue weighted by Gasteiger charge is 2.14. The molecule has 1 N–H and O–H groups in total. The molecular weight excluding hydrogens is 255 g/mol. The number of rotatable bonds is 9. The zero-order valence-electron chi connectivity index (χ0n) is 13.0. The number of halogens is 1. The highest BCUT2D eigenvalue weighted by Crippen LogP contribution is 2.18. The average molecular weight is 282 g/mol. The predicted octanol–water partition coefficient (Wildman–Crippen LogP) is 2.83. The standard InChI is InChI=1S/C16H27FN2O/c1-13(2)19(11-12-20-4)10-9-16(18-3)14-5-7-15(17)8-6-14/h5-8,13,16,18H,9-12H2,1-4H3. The summed E-state index contributed by atoms with van der Waals surface area (Å²) in [5, 5.41) is 3.31. The van der Waals surface area contributed by atoms with Crippen LogP contribution in [0.2, 0.25) is 0 Å². The first-order chi connectivity index (χ1) is 9.58. The van der Waals surface area contributed by atoms with Crippen molar-refractivity contribution < 1.29 is 9.13 Å². The lowest BCUT2D eigenvalue weighted by Crippen LogP contribution is -2.36. The fourth-order valence-corrected chi connectivity index (χ4v) is 2.30. The predicted molar refractivity (Wildman–Crippen MR) is 81.4 cm³/mol. The molecule has 0 saturated heterocycles. The lowest BCUT2D eigenvalue weighted by molar-refractivity contribution is 0.126. The number of ether oxygens (including phenoxy) is 1. The molecule has 1 atom stereocenters. The van der Waals surface area contributed by atoms with Gasteiger partial charge in [-0.05, 0) is 45.0 Å². The van der Waals surface area contributed by atoms with Crippen LogP contribution < -0.4 is 5.32 Å². The van der Waals surface area contributed by atoms with E-state index >= 15 is 0 Å². The first-order valence-corrected chi connectivity index (χ1v) is 7.24. The molecule has 0 bridgehead atoms. The van der Waals surface area contributed by atoms with Crippen LogP contribution in [0.25, 0.3) is 0 Å². The van der Waals surface area contributed by atoms with Crippen LogP contribution in [0.4, 0.5) is 4.39 Å². The zero-order chi connectivity index (χ0) is 15.0. The van der Waals surface area contributed by atoms with E-state index in [1.807, 2.05) is 19.2 Å². The molecule has 0 spiro atoms. The Morgan fingerprint density at radius 2 is 1.85 bits per heavy atom. The van der Waals surface area contributed by atoms with Gasteiger partial charge in [0.1, 0.15) is 5.82 Å². The Balaban J connectivity index is 2.56. The molecule has 0 radical (unpaired) electrons. The summed E-state index contributed by atoms with van der Waals surface area (Å²) >= 11 is 0. The minimum absolute atomic E-state index is 0.187. The van der Waals surface area contributed by atoms with Crippen molar-refractivity contribution in [3.8, 4) is 0 Å². The highest BCUT2D eigenvalue weighted by atomic mass is 19.1. The highest BCUT2D eigenvalue weighted by molar-refractivity contribution is 5.19. The Hall–Kier alpha value is -0.970. The Morgan fingerprint density at radius 3 is 2.35 bits per heavy atom. The van der Waals surface area contributed by atoms with Crippen LogP contribution in [0.5, 0.6) is 0 Å². The summed E-state index contributed by atoms with van der Waals surface area (Å²) in [6, 6.07) is 7.49. The molecule has 20 heavy (non-hydrogen) atoms. The fraction of sp³-hybridized carbons (Fsp3) is 0.625. The van der Waals surface area contributed by atoms with E-state index in [2.05, 4.69) is 24.1 Å². The first kappa shape index (κ1) is 17.1. The molecular formula is C16H27FN2O. The fourth-order valence-electron chi connectivity index (χ4n) is 2.30. The number of benzene rings is 1. The third kappa shape index (κ3) is 5.57. The van der Waals surface area contributed by atoms with Gasteiger partial charge in [-0.15, -0.1) is 0 Å². The van der Waals surface area contributed by atoms with Gasteiger partial charge >= 0.3 is 0 Å². The van der Waals surface area contributed by atoms with Gasteiger partial charge < -0.3 is 10.1 Å². The molecule has 1 aromatic carbocycles. The number of nitrogens with zero attached hydrogens (tertiary/aromatic N) is 1. The second-order valence-corrected chi connectivity index (χ2v) is 5.30. The maximum absolute atomic E-state index is 13.0. The Bertz CT molecular complexity index is 367. The van der Waals surface area contributed by atoms with E-state index in [-0.39, 0.29) is 11.9 Å². The minimum atomic E-state index is -0.187. The van der Waals surface area contributed by atoms with Gasteiger partial charge in [0.15, 0.2) is 0 Å². The molecule has 1 rings (SSSR count). The Kier molecular flexibility index (Phi) is 7.73. The molecule has 114 valence electrons. The van der Waals surface area contributed by atoms with Crippen LogP contribution >= 0.6 is 0 Å².